The van der Waals surface area contributed by atoms with E-state index in [1.807, 2.05) is 0 Å². The summed E-state index contributed by atoms with van der Waals surface area (Å²) < 4.78 is 0. The molecule has 0 radical (unpaired) electrons. The zero-order chi connectivity index (χ0) is 15.1. The second kappa shape index (κ2) is 8.16. The van der Waals surface area contributed by atoms with Crippen molar-refractivity contribution in [1.29, 1.82) is 0 Å². The van der Waals surface area contributed by atoms with Gasteiger partial charge in [0.2, 0.25) is 0 Å². The average molecular weight is 284 g/mol. The smallest absolute Gasteiger partial charge is 0.0449 e. The molecule has 0 saturated carbocycles. The number of benzene rings is 2. The van der Waals surface area contributed by atoms with Crippen molar-refractivity contribution in [3.63, 3.8) is 0 Å². The van der Waals surface area contributed by atoms with Gasteiger partial charge < -0.3 is 10.2 Å². The SMILES string of the molecule is CCCNC(CN(CC)CC)c1ccc2ccccc2c1. The standard InChI is InChI=1S/C19H28N2/c1-4-13-20-19(15-21(5-2)6-3)18-12-11-16-9-7-8-10-17(16)14-18/h7-12,14,19-20H,4-6,13,15H2,1-3H3. The van der Waals surface area contributed by atoms with Crippen LogP contribution < -0.4 is 5.32 Å². The Morgan fingerprint density at radius 2 is 1.67 bits per heavy atom. The van der Waals surface area contributed by atoms with Crippen molar-refractivity contribution < 1.29 is 0 Å². The van der Waals surface area contributed by atoms with Crippen LogP contribution in [0.3, 0.4) is 0 Å². The van der Waals surface area contributed by atoms with Gasteiger partial charge in [0.05, 0.1) is 0 Å². The highest BCUT2D eigenvalue weighted by Crippen LogP contribution is 2.21. The quantitative estimate of drug-likeness (QED) is 0.780. The molecule has 21 heavy (non-hydrogen) atoms. The lowest BCUT2D eigenvalue weighted by molar-refractivity contribution is 0.266. The van der Waals surface area contributed by atoms with Crippen LogP contribution in [0.1, 0.15) is 38.8 Å². The summed E-state index contributed by atoms with van der Waals surface area (Å²) in [5.41, 5.74) is 1.40. The van der Waals surface area contributed by atoms with Crippen molar-refractivity contribution in [3.05, 3.63) is 48.0 Å². The van der Waals surface area contributed by atoms with Gasteiger partial charge in [0, 0.05) is 12.6 Å². The minimum Gasteiger partial charge on any atom is -0.309 e. The normalized spacial score (nSPS) is 13.0. The Hall–Kier alpha value is -1.38. The Balaban J connectivity index is 2.24. The summed E-state index contributed by atoms with van der Waals surface area (Å²) in [5.74, 6) is 0. The van der Waals surface area contributed by atoms with Gasteiger partial charge in [-0.25, -0.2) is 0 Å². The molecule has 0 saturated heterocycles. The molecule has 2 rings (SSSR count). The van der Waals surface area contributed by atoms with E-state index in [9.17, 15) is 0 Å². The molecule has 0 bridgehead atoms. The van der Waals surface area contributed by atoms with Gasteiger partial charge in [-0.2, -0.15) is 0 Å². The number of rotatable bonds is 8. The Morgan fingerprint density at radius 1 is 0.952 bits per heavy atom. The molecular weight excluding hydrogens is 256 g/mol. The lowest BCUT2D eigenvalue weighted by Crippen LogP contribution is -2.35. The van der Waals surface area contributed by atoms with E-state index in [2.05, 4.69) is 73.5 Å². The first-order valence-corrected chi connectivity index (χ1v) is 8.22. The summed E-state index contributed by atoms with van der Waals surface area (Å²) >= 11 is 0. The van der Waals surface area contributed by atoms with Gasteiger partial charge in [0.25, 0.3) is 0 Å². The molecule has 2 aromatic rings. The molecule has 0 spiro atoms. The summed E-state index contributed by atoms with van der Waals surface area (Å²) in [6.07, 6.45) is 1.17. The van der Waals surface area contributed by atoms with Crippen LogP contribution in [0, 0.1) is 0 Å². The Bertz CT molecular complexity index is 546. The summed E-state index contributed by atoms with van der Waals surface area (Å²) in [5, 5.41) is 6.36. The number of hydrogen-bond acceptors (Lipinski definition) is 2. The zero-order valence-electron chi connectivity index (χ0n) is 13.6. The van der Waals surface area contributed by atoms with Gasteiger partial charge in [-0.05, 0) is 48.5 Å². The molecule has 114 valence electrons. The van der Waals surface area contributed by atoms with Crippen molar-refractivity contribution in [1.82, 2.24) is 10.2 Å². The van der Waals surface area contributed by atoms with E-state index in [0.717, 1.165) is 26.2 Å². The van der Waals surface area contributed by atoms with E-state index in [1.54, 1.807) is 0 Å². The molecule has 1 N–H and O–H groups in total. The number of likely N-dealkylation sites (N-methyl/N-ethyl adjacent to an activating group) is 1. The number of fused-ring (bicyclic) bond motifs is 1. The first-order chi connectivity index (χ1) is 10.3. The van der Waals surface area contributed by atoms with E-state index in [1.165, 1.54) is 22.8 Å². The van der Waals surface area contributed by atoms with E-state index in [-0.39, 0.29) is 0 Å². The highest BCUT2D eigenvalue weighted by atomic mass is 15.1. The topological polar surface area (TPSA) is 15.3 Å². The summed E-state index contributed by atoms with van der Waals surface area (Å²) in [7, 11) is 0. The molecule has 0 amide bonds. The van der Waals surface area contributed by atoms with Crippen LogP contribution in [-0.2, 0) is 0 Å². The van der Waals surface area contributed by atoms with E-state index < -0.39 is 0 Å². The van der Waals surface area contributed by atoms with Crippen molar-refractivity contribution in [3.8, 4) is 0 Å². The van der Waals surface area contributed by atoms with Gasteiger partial charge in [-0.1, -0.05) is 57.2 Å². The molecule has 0 heterocycles. The van der Waals surface area contributed by atoms with E-state index >= 15 is 0 Å². The van der Waals surface area contributed by atoms with Crippen LogP contribution in [0.2, 0.25) is 0 Å². The minimum absolute atomic E-state index is 0.412. The largest absolute Gasteiger partial charge is 0.309 e. The Kier molecular flexibility index (Phi) is 6.21. The molecule has 2 heteroatoms. The molecule has 2 nitrogen and oxygen atoms in total. The third kappa shape index (κ3) is 4.29. The van der Waals surface area contributed by atoms with Gasteiger partial charge in [-0.15, -0.1) is 0 Å². The van der Waals surface area contributed by atoms with E-state index in [4.69, 9.17) is 0 Å². The fraction of sp³-hybridized carbons (Fsp3) is 0.474. The molecule has 0 aromatic heterocycles. The molecule has 0 aliphatic rings. The molecule has 1 atom stereocenters. The fourth-order valence-corrected chi connectivity index (χ4v) is 2.77. The van der Waals surface area contributed by atoms with Crippen LogP contribution in [0.5, 0.6) is 0 Å². The summed E-state index contributed by atoms with van der Waals surface area (Å²) in [6, 6.07) is 15.9. The van der Waals surface area contributed by atoms with Crippen molar-refractivity contribution in [2.45, 2.75) is 33.2 Å². The van der Waals surface area contributed by atoms with Crippen LogP contribution in [-0.4, -0.2) is 31.1 Å². The lowest BCUT2D eigenvalue weighted by Gasteiger charge is -2.27. The zero-order valence-corrected chi connectivity index (χ0v) is 13.6. The lowest BCUT2D eigenvalue weighted by atomic mass is 10.0. The maximum Gasteiger partial charge on any atom is 0.0449 e. The third-order valence-electron chi connectivity index (χ3n) is 4.15. The van der Waals surface area contributed by atoms with Gasteiger partial charge >= 0.3 is 0 Å². The van der Waals surface area contributed by atoms with Crippen molar-refractivity contribution in [2.75, 3.05) is 26.2 Å². The average Bonchev–Trinajstić information content (AvgIpc) is 2.55. The molecule has 0 aliphatic carbocycles. The van der Waals surface area contributed by atoms with Crippen LogP contribution in [0.25, 0.3) is 10.8 Å². The summed E-state index contributed by atoms with van der Waals surface area (Å²) in [4.78, 5) is 2.49. The maximum atomic E-state index is 3.71. The maximum absolute atomic E-state index is 3.71. The molecule has 0 fully saturated rings. The van der Waals surface area contributed by atoms with Gasteiger partial charge in [-0.3, -0.25) is 0 Å². The first-order valence-electron chi connectivity index (χ1n) is 8.22. The highest BCUT2D eigenvalue weighted by Gasteiger charge is 2.14. The van der Waals surface area contributed by atoms with Crippen LogP contribution in [0.15, 0.2) is 42.5 Å². The van der Waals surface area contributed by atoms with Crippen molar-refractivity contribution >= 4 is 10.8 Å². The minimum atomic E-state index is 0.412. The molecule has 0 aliphatic heterocycles. The highest BCUT2D eigenvalue weighted by molar-refractivity contribution is 5.83. The molecule has 2 aromatic carbocycles. The molecular formula is C19H28N2. The number of nitrogens with one attached hydrogen (secondary N) is 1. The third-order valence-corrected chi connectivity index (χ3v) is 4.15. The summed E-state index contributed by atoms with van der Waals surface area (Å²) in [6.45, 7) is 11.1. The second-order valence-corrected chi connectivity index (χ2v) is 5.60. The number of nitrogens with zero attached hydrogens (tertiary/aromatic N) is 1. The van der Waals surface area contributed by atoms with Crippen LogP contribution >= 0.6 is 0 Å². The Morgan fingerprint density at radius 3 is 2.33 bits per heavy atom. The second-order valence-electron chi connectivity index (χ2n) is 5.60. The van der Waals surface area contributed by atoms with Crippen LogP contribution in [0.4, 0.5) is 0 Å². The van der Waals surface area contributed by atoms with Gasteiger partial charge in [0.1, 0.15) is 0 Å². The first kappa shape index (κ1) is 16.0. The number of hydrogen-bond donors (Lipinski definition) is 1. The molecule has 1 unspecified atom stereocenters. The fourth-order valence-electron chi connectivity index (χ4n) is 2.77. The monoisotopic (exact) mass is 284 g/mol. The van der Waals surface area contributed by atoms with E-state index in [0.29, 0.717) is 6.04 Å². The Labute approximate surface area is 129 Å². The van der Waals surface area contributed by atoms with Gasteiger partial charge in [0.15, 0.2) is 0 Å². The van der Waals surface area contributed by atoms with Crippen molar-refractivity contribution in [2.24, 2.45) is 0 Å². The predicted molar refractivity (Wildman–Crippen MR) is 92.8 cm³/mol. The predicted octanol–water partition coefficient (Wildman–Crippen LogP) is 4.22.